The molecule has 9 aromatic rings. The third kappa shape index (κ3) is 6.19. The molecule has 2 heteroatoms. The van der Waals surface area contributed by atoms with Gasteiger partial charge in [0, 0.05) is 34.1 Å². The van der Waals surface area contributed by atoms with Crippen molar-refractivity contribution >= 4 is 55.7 Å². The molecule has 0 aliphatic rings. The summed E-state index contributed by atoms with van der Waals surface area (Å²) in [6.07, 6.45) is 0. The number of benzene rings is 9. The molecule has 0 atom stereocenters. The van der Waals surface area contributed by atoms with E-state index in [1.807, 2.05) is 0 Å². The number of hydrogen-bond acceptors (Lipinski definition) is 2. The Balaban J connectivity index is 1.09. The van der Waals surface area contributed by atoms with Crippen LogP contribution in [0.1, 0.15) is 0 Å². The predicted molar refractivity (Wildman–Crippen MR) is 222 cm³/mol. The van der Waals surface area contributed by atoms with Crippen LogP contribution in [0.3, 0.4) is 0 Å². The van der Waals surface area contributed by atoms with Crippen LogP contribution in [-0.2, 0) is 0 Å². The molecule has 9 rings (SSSR count). The second-order valence-electron chi connectivity index (χ2n) is 13.1. The van der Waals surface area contributed by atoms with Gasteiger partial charge in [-0.25, -0.2) is 0 Å². The van der Waals surface area contributed by atoms with E-state index in [1.165, 1.54) is 43.8 Å². The quantitative estimate of drug-likeness (QED) is 0.149. The summed E-state index contributed by atoms with van der Waals surface area (Å²) in [4.78, 5) is 4.67. The lowest BCUT2D eigenvalue weighted by molar-refractivity contribution is 1.29. The maximum atomic E-state index is 2.34. The van der Waals surface area contributed by atoms with Crippen molar-refractivity contribution in [1.82, 2.24) is 0 Å². The Morgan fingerprint density at radius 2 is 0.481 bits per heavy atom. The largest absolute Gasteiger partial charge is 0.310 e. The third-order valence-corrected chi connectivity index (χ3v) is 9.77. The first-order valence-corrected chi connectivity index (χ1v) is 17.8. The number of fused-ring (bicyclic) bond motifs is 2. The lowest BCUT2D eigenvalue weighted by atomic mass is 10.0. The van der Waals surface area contributed by atoms with Crippen molar-refractivity contribution in [2.24, 2.45) is 0 Å². The van der Waals surface area contributed by atoms with Crippen LogP contribution >= 0.6 is 0 Å². The van der Waals surface area contributed by atoms with Crippen LogP contribution in [0.2, 0.25) is 0 Å². The minimum atomic E-state index is 1.12. The van der Waals surface area contributed by atoms with Crippen LogP contribution < -0.4 is 9.80 Å². The topological polar surface area (TPSA) is 6.48 Å². The zero-order chi connectivity index (χ0) is 34.7. The van der Waals surface area contributed by atoms with Gasteiger partial charge in [0.1, 0.15) is 0 Å². The van der Waals surface area contributed by atoms with Gasteiger partial charge in [-0.1, -0.05) is 133 Å². The summed E-state index contributed by atoms with van der Waals surface area (Å²) in [6.45, 7) is 0. The highest BCUT2D eigenvalue weighted by atomic mass is 15.1. The van der Waals surface area contributed by atoms with E-state index in [9.17, 15) is 0 Å². The molecule has 0 amide bonds. The Kier molecular flexibility index (Phi) is 8.24. The molecule has 0 radical (unpaired) electrons. The smallest absolute Gasteiger partial charge is 0.0468 e. The van der Waals surface area contributed by atoms with Gasteiger partial charge in [0.2, 0.25) is 0 Å². The van der Waals surface area contributed by atoms with E-state index in [0.29, 0.717) is 0 Å². The summed E-state index contributed by atoms with van der Waals surface area (Å²) in [5.41, 5.74) is 11.6. The SMILES string of the molecule is c1ccc(-c2ccc(N(c3ccccc3)c3ccc4cc5cc(N(c6ccccc6)c6ccc(-c7ccccc7)cc6)ccc5cc4c3)cc2)cc1. The van der Waals surface area contributed by atoms with E-state index >= 15 is 0 Å². The predicted octanol–water partition coefficient (Wildman–Crippen LogP) is 14.3. The number of rotatable bonds is 8. The Bertz CT molecular complexity index is 2400. The molecule has 2 nitrogen and oxygen atoms in total. The molecule has 0 heterocycles. The molecule has 0 fully saturated rings. The van der Waals surface area contributed by atoms with Gasteiger partial charge in [-0.05, 0) is 129 Å². The van der Waals surface area contributed by atoms with Crippen LogP contribution in [0.4, 0.5) is 34.1 Å². The van der Waals surface area contributed by atoms with Gasteiger partial charge in [0.25, 0.3) is 0 Å². The van der Waals surface area contributed by atoms with E-state index in [2.05, 4.69) is 228 Å². The van der Waals surface area contributed by atoms with Gasteiger partial charge >= 0.3 is 0 Å². The van der Waals surface area contributed by atoms with Gasteiger partial charge < -0.3 is 9.80 Å². The first-order chi connectivity index (χ1) is 25.8. The van der Waals surface area contributed by atoms with Crippen LogP contribution in [0.5, 0.6) is 0 Å². The zero-order valence-corrected chi connectivity index (χ0v) is 28.7. The summed E-state index contributed by atoms with van der Waals surface area (Å²) in [5.74, 6) is 0. The maximum Gasteiger partial charge on any atom is 0.0468 e. The molecule has 0 aromatic heterocycles. The zero-order valence-electron chi connectivity index (χ0n) is 28.7. The fourth-order valence-corrected chi connectivity index (χ4v) is 7.17. The highest BCUT2D eigenvalue weighted by Gasteiger charge is 2.16. The van der Waals surface area contributed by atoms with Gasteiger partial charge in [-0.15, -0.1) is 0 Å². The van der Waals surface area contributed by atoms with Crippen LogP contribution in [0.15, 0.2) is 218 Å². The minimum Gasteiger partial charge on any atom is -0.310 e. The molecule has 0 aliphatic heterocycles. The van der Waals surface area contributed by atoms with E-state index in [-0.39, 0.29) is 0 Å². The first-order valence-electron chi connectivity index (χ1n) is 17.8. The van der Waals surface area contributed by atoms with Crippen molar-refractivity contribution < 1.29 is 0 Å². The standard InChI is InChI=1S/C50H36N2/c1-5-13-37(14-6-1)39-21-27-47(28-22-39)51(45-17-9-3-10-18-45)49-31-25-41-34-44-36-50(32-26-42(44)33-43(41)35-49)52(46-19-11-4-12-20-46)48-29-23-40(24-30-48)38-15-7-2-8-16-38/h1-36H. The fourth-order valence-electron chi connectivity index (χ4n) is 7.17. The average molecular weight is 665 g/mol. The van der Waals surface area contributed by atoms with Crippen molar-refractivity contribution in [2.75, 3.05) is 9.80 Å². The number of hydrogen-bond donors (Lipinski definition) is 0. The summed E-state index contributed by atoms with van der Waals surface area (Å²) < 4.78 is 0. The van der Waals surface area contributed by atoms with E-state index in [1.54, 1.807) is 0 Å². The second kappa shape index (κ2) is 13.8. The van der Waals surface area contributed by atoms with Crippen molar-refractivity contribution in [1.29, 1.82) is 0 Å². The minimum absolute atomic E-state index is 1.12. The molecule has 0 bridgehead atoms. The molecule has 0 saturated carbocycles. The normalized spacial score (nSPS) is 11.1. The van der Waals surface area contributed by atoms with Crippen molar-refractivity contribution in [3.63, 3.8) is 0 Å². The number of nitrogens with zero attached hydrogens (tertiary/aromatic N) is 2. The Hall–Kier alpha value is -6.90. The fraction of sp³-hybridized carbons (Fsp3) is 0. The summed E-state index contributed by atoms with van der Waals surface area (Å²) in [7, 11) is 0. The van der Waals surface area contributed by atoms with Gasteiger partial charge in [-0.2, -0.15) is 0 Å². The molecule has 52 heavy (non-hydrogen) atoms. The first kappa shape index (κ1) is 31.1. The molecule has 0 saturated heterocycles. The molecule has 0 unspecified atom stereocenters. The Morgan fingerprint density at radius 3 is 0.846 bits per heavy atom. The van der Waals surface area contributed by atoms with Crippen molar-refractivity contribution in [3.8, 4) is 22.3 Å². The molecule has 9 aromatic carbocycles. The van der Waals surface area contributed by atoms with Crippen molar-refractivity contribution in [2.45, 2.75) is 0 Å². The monoisotopic (exact) mass is 664 g/mol. The van der Waals surface area contributed by atoms with E-state index in [0.717, 1.165) is 34.1 Å². The molecule has 0 aliphatic carbocycles. The van der Waals surface area contributed by atoms with Gasteiger partial charge in [0.05, 0.1) is 0 Å². The van der Waals surface area contributed by atoms with E-state index in [4.69, 9.17) is 0 Å². The Labute approximate surface area is 305 Å². The Morgan fingerprint density at radius 1 is 0.192 bits per heavy atom. The van der Waals surface area contributed by atoms with Crippen LogP contribution in [0.25, 0.3) is 43.8 Å². The van der Waals surface area contributed by atoms with Crippen LogP contribution in [-0.4, -0.2) is 0 Å². The average Bonchev–Trinajstić information content (AvgIpc) is 3.22. The summed E-state index contributed by atoms with van der Waals surface area (Å²) in [5, 5.41) is 4.82. The second-order valence-corrected chi connectivity index (χ2v) is 13.1. The van der Waals surface area contributed by atoms with Crippen LogP contribution in [0, 0.1) is 0 Å². The summed E-state index contributed by atoms with van der Waals surface area (Å²) in [6, 6.07) is 78.3. The molecule has 246 valence electrons. The molecular weight excluding hydrogens is 629 g/mol. The molecular formula is C50H36N2. The highest BCUT2D eigenvalue weighted by Crippen LogP contribution is 2.40. The lowest BCUT2D eigenvalue weighted by Gasteiger charge is -2.26. The summed E-state index contributed by atoms with van der Waals surface area (Å²) >= 11 is 0. The third-order valence-electron chi connectivity index (χ3n) is 9.77. The highest BCUT2D eigenvalue weighted by molar-refractivity contribution is 6.02. The maximum absolute atomic E-state index is 2.34. The number of anilines is 6. The number of para-hydroxylation sites is 2. The van der Waals surface area contributed by atoms with Crippen molar-refractivity contribution in [3.05, 3.63) is 218 Å². The molecule has 0 spiro atoms. The van der Waals surface area contributed by atoms with Gasteiger partial charge in [0.15, 0.2) is 0 Å². The lowest BCUT2D eigenvalue weighted by Crippen LogP contribution is -2.10. The van der Waals surface area contributed by atoms with E-state index < -0.39 is 0 Å². The molecule has 0 N–H and O–H groups in total. The van der Waals surface area contributed by atoms with Gasteiger partial charge in [-0.3, -0.25) is 0 Å².